The molecule has 1 aliphatic rings. The van der Waals surface area contributed by atoms with E-state index < -0.39 is 49.1 Å². The highest BCUT2D eigenvalue weighted by Gasteiger charge is 2.48. The molecule has 1 heterocycles. The van der Waals surface area contributed by atoms with Crippen LogP contribution in [0.5, 0.6) is 5.75 Å². The molecule has 3 N–H and O–H groups in total. The van der Waals surface area contributed by atoms with Crippen molar-refractivity contribution < 1.29 is 38.7 Å². The van der Waals surface area contributed by atoms with Crippen molar-refractivity contribution in [3.8, 4) is 5.75 Å². The van der Waals surface area contributed by atoms with Crippen molar-refractivity contribution in [3.05, 3.63) is 65.2 Å². The van der Waals surface area contributed by atoms with Crippen molar-refractivity contribution in [2.45, 2.75) is 37.6 Å². The Balaban J connectivity index is 1.86. The Morgan fingerprint density at radius 1 is 1.09 bits per heavy atom. The maximum atomic E-state index is 12.9. The lowest BCUT2D eigenvalue weighted by atomic mass is 9.95. The number of methoxy groups -OCH3 is 2. The summed E-state index contributed by atoms with van der Waals surface area (Å²) < 4.78 is 21.6. The van der Waals surface area contributed by atoms with Gasteiger partial charge in [0.15, 0.2) is 12.4 Å². The Labute approximate surface area is 185 Å². The predicted molar refractivity (Wildman–Crippen MR) is 113 cm³/mol. The van der Waals surface area contributed by atoms with Crippen molar-refractivity contribution in [2.75, 3.05) is 20.8 Å². The van der Waals surface area contributed by atoms with Crippen LogP contribution >= 0.6 is 0 Å². The van der Waals surface area contributed by atoms with E-state index in [0.29, 0.717) is 11.3 Å². The van der Waals surface area contributed by atoms with Gasteiger partial charge in [-0.2, -0.15) is 0 Å². The molecule has 9 nitrogen and oxygen atoms in total. The van der Waals surface area contributed by atoms with Crippen LogP contribution in [0.25, 0.3) is 0 Å². The fraction of sp³-hybridized carbons (Fsp3) is 0.391. The van der Waals surface area contributed by atoms with E-state index in [1.807, 2.05) is 6.92 Å². The minimum atomic E-state index is -1.36. The molecule has 5 atom stereocenters. The number of benzene rings is 2. The average molecular weight is 445 g/mol. The zero-order valence-electron chi connectivity index (χ0n) is 18.1. The minimum absolute atomic E-state index is 0.279. The van der Waals surface area contributed by atoms with Crippen molar-refractivity contribution >= 4 is 11.9 Å². The van der Waals surface area contributed by atoms with Gasteiger partial charge in [0.1, 0.15) is 18.0 Å². The molecule has 0 spiro atoms. The number of ether oxygens (including phenoxy) is 4. The molecule has 9 heteroatoms. The molecule has 1 amide bonds. The Morgan fingerprint density at radius 2 is 1.81 bits per heavy atom. The second-order valence-corrected chi connectivity index (χ2v) is 7.42. The lowest BCUT2D eigenvalue weighted by molar-refractivity contribution is -0.269. The average Bonchev–Trinajstić information content (AvgIpc) is 2.81. The van der Waals surface area contributed by atoms with Gasteiger partial charge in [-0.1, -0.05) is 23.8 Å². The molecule has 3 rings (SSSR count). The fourth-order valence-corrected chi connectivity index (χ4v) is 3.44. The number of rotatable bonds is 7. The maximum absolute atomic E-state index is 12.9. The summed E-state index contributed by atoms with van der Waals surface area (Å²) in [5.41, 5.74) is 1.55. The SMILES string of the molecule is COc1cccc(C(=O)N[C@H]2[C@@H](O)[C@@H](CO)O[C@@H](OC)[C@H]2OC(=O)c2ccc(C)cc2)c1. The van der Waals surface area contributed by atoms with Crippen molar-refractivity contribution in [3.63, 3.8) is 0 Å². The standard InChI is InChI=1S/C23H27NO8/c1-13-7-9-14(10-8-13)22(28)32-20-18(19(26)17(12-25)31-23(20)30-3)24-21(27)15-5-4-6-16(11-15)29-2/h4-11,17-20,23,25-26H,12H2,1-3H3,(H,24,27)/t17-,18+,19+,20+,23-/m1/s1. The maximum Gasteiger partial charge on any atom is 0.338 e. The third kappa shape index (κ3) is 5.25. The molecule has 0 aliphatic carbocycles. The number of aliphatic hydroxyl groups is 2. The highest BCUT2D eigenvalue weighted by molar-refractivity contribution is 5.95. The first kappa shape index (κ1) is 23.7. The third-order valence-electron chi connectivity index (χ3n) is 5.25. The first-order chi connectivity index (χ1) is 15.4. The Kier molecular flexibility index (Phi) is 7.81. The van der Waals surface area contributed by atoms with Crippen LogP contribution in [0, 0.1) is 6.92 Å². The number of nitrogens with one attached hydrogen (secondary N) is 1. The molecule has 1 saturated heterocycles. The molecule has 0 aromatic heterocycles. The van der Waals surface area contributed by atoms with Crippen molar-refractivity contribution in [1.29, 1.82) is 0 Å². The smallest absolute Gasteiger partial charge is 0.338 e. The van der Waals surface area contributed by atoms with Crippen molar-refractivity contribution in [2.24, 2.45) is 0 Å². The molecule has 1 fully saturated rings. The predicted octanol–water partition coefficient (Wildman–Crippen LogP) is 1.05. The zero-order valence-corrected chi connectivity index (χ0v) is 18.1. The van der Waals surface area contributed by atoms with E-state index in [-0.39, 0.29) is 5.56 Å². The number of hydrogen-bond donors (Lipinski definition) is 3. The van der Waals surface area contributed by atoms with Crippen LogP contribution < -0.4 is 10.1 Å². The normalized spacial score (nSPS) is 25.1. The van der Waals surface area contributed by atoms with Gasteiger partial charge in [-0.05, 0) is 37.3 Å². The van der Waals surface area contributed by atoms with E-state index >= 15 is 0 Å². The molecule has 0 saturated carbocycles. The summed E-state index contributed by atoms with van der Waals surface area (Å²) in [6.45, 7) is 1.37. The number of amides is 1. The van der Waals surface area contributed by atoms with Crippen LogP contribution in [-0.2, 0) is 14.2 Å². The summed E-state index contributed by atoms with van der Waals surface area (Å²) in [5.74, 6) is -0.718. The number of carbonyl (C=O) groups is 2. The molecule has 0 bridgehead atoms. The lowest BCUT2D eigenvalue weighted by Crippen LogP contribution is -2.65. The highest BCUT2D eigenvalue weighted by atomic mass is 16.7. The topological polar surface area (TPSA) is 124 Å². The summed E-state index contributed by atoms with van der Waals surface area (Å²) in [6, 6.07) is 12.1. The molecule has 0 unspecified atom stereocenters. The molecule has 1 aliphatic heterocycles. The van der Waals surface area contributed by atoms with Crippen LogP contribution in [0.4, 0.5) is 0 Å². The minimum Gasteiger partial charge on any atom is -0.497 e. The van der Waals surface area contributed by atoms with E-state index in [1.54, 1.807) is 42.5 Å². The van der Waals surface area contributed by atoms with Crippen LogP contribution in [0.3, 0.4) is 0 Å². The first-order valence-electron chi connectivity index (χ1n) is 10.1. The van der Waals surface area contributed by atoms with E-state index in [2.05, 4.69) is 5.32 Å². The summed E-state index contributed by atoms with van der Waals surface area (Å²) in [7, 11) is 2.82. The molecule has 172 valence electrons. The van der Waals surface area contributed by atoms with Gasteiger partial charge in [0.05, 0.1) is 25.3 Å². The van der Waals surface area contributed by atoms with Crippen LogP contribution in [0.15, 0.2) is 48.5 Å². The van der Waals surface area contributed by atoms with E-state index in [9.17, 15) is 19.8 Å². The van der Waals surface area contributed by atoms with E-state index in [0.717, 1.165) is 5.56 Å². The Morgan fingerprint density at radius 3 is 2.44 bits per heavy atom. The molecular weight excluding hydrogens is 418 g/mol. The van der Waals surface area contributed by atoms with Gasteiger partial charge < -0.3 is 34.5 Å². The Hall–Kier alpha value is -2.98. The largest absolute Gasteiger partial charge is 0.497 e. The number of aryl methyl sites for hydroxylation is 1. The van der Waals surface area contributed by atoms with Crippen LogP contribution in [0.2, 0.25) is 0 Å². The number of aliphatic hydroxyl groups excluding tert-OH is 2. The fourth-order valence-electron chi connectivity index (χ4n) is 3.44. The summed E-state index contributed by atoms with van der Waals surface area (Å²) in [5, 5.41) is 23.1. The second kappa shape index (κ2) is 10.6. The summed E-state index contributed by atoms with van der Waals surface area (Å²) in [6.07, 6.45) is -4.72. The second-order valence-electron chi connectivity index (χ2n) is 7.42. The van der Waals surface area contributed by atoms with Gasteiger partial charge in [-0.3, -0.25) is 4.79 Å². The van der Waals surface area contributed by atoms with Gasteiger partial charge in [-0.25, -0.2) is 4.79 Å². The molecule has 2 aromatic rings. The van der Waals surface area contributed by atoms with Gasteiger partial charge >= 0.3 is 5.97 Å². The van der Waals surface area contributed by atoms with E-state index in [1.165, 1.54) is 20.3 Å². The molecule has 2 aromatic carbocycles. The van der Waals surface area contributed by atoms with Crippen LogP contribution in [-0.4, -0.2) is 73.6 Å². The van der Waals surface area contributed by atoms with Gasteiger partial charge in [0, 0.05) is 12.7 Å². The van der Waals surface area contributed by atoms with Gasteiger partial charge in [0.2, 0.25) is 0 Å². The van der Waals surface area contributed by atoms with Crippen LogP contribution in [0.1, 0.15) is 26.3 Å². The lowest BCUT2D eigenvalue weighted by Gasteiger charge is -2.43. The monoisotopic (exact) mass is 445 g/mol. The molecular formula is C23H27NO8. The number of esters is 1. The summed E-state index contributed by atoms with van der Waals surface area (Å²) >= 11 is 0. The molecule has 32 heavy (non-hydrogen) atoms. The van der Waals surface area contributed by atoms with Gasteiger partial charge in [-0.15, -0.1) is 0 Å². The molecule has 0 radical (unpaired) electrons. The zero-order chi connectivity index (χ0) is 23.3. The van der Waals surface area contributed by atoms with Crippen molar-refractivity contribution in [1.82, 2.24) is 5.32 Å². The third-order valence-corrected chi connectivity index (χ3v) is 5.25. The highest BCUT2D eigenvalue weighted by Crippen LogP contribution is 2.26. The number of hydrogen-bond acceptors (Lipinski definition) is 8. The summed E-state index contributed by atoms with van der Waals surface area (Å²) in [4.78, 5) is 25.6. The first-order valence-corrected chi connectivity index (χ1v) is 10.1. The van der Waals surface area contributed by atoms with E-state index in [4.69, 9.17) is 18.9 Å². The van der Waals surface area contributed by atoms with Gasteiger partial charge in [0.25, 0.3) is 5.91 Å². The Bertz CT molecular complexity index is 932. The quantitative estimate of drug-likeness (QED) is 0.541. The number of carbonyl (C=O) groups excluding carboxylic acids is 2.